The van der Waals surface area contributed by atoms with E-state index >= 15 is 0 Å². The second kappa shape index (κ2) is 8.96. The molecule has 0 amide bonds. The molecule has 0 aliphatic rings. The average Bonchev–Trinajstić information content (AvgIpc) is 3.81. The molecule has 0 unspecified atom stereocenters. The van der Waals surface area contributed by atoms with E-state index in [9.17, 15) is 0 Å². The molecule has 0 aliphatic heterocycles. The van der Waals surface area contributed by atoms with E-state index in [4.69, 9.17) is 4.42 Å². The van der Waals surface area contributed by atoms with Gasteiger partial charge in [0, 0.05) is 37.6 Å². The van der Waals surface area contributed by atoms with Crippen molar-refractivity contribution in [3.63, 3.8) is 0 Å². The summed E-state index contributed by atoms with van der Waals surface area (Å²) >= 11 is 1.84. The van der Waals surface area contributed by atoms with Crippen molar-refractivity contribution in [2.45, 2.75) is 0 Å². The lowest BCUT2D eigenvalue weighted by atomic mass is 10.0. The number of fused-ring (bicyclic) bond motifs is 10. The minimum absolute atomic E-state index is 0.909. The van der Waals surface area contributed by atoms with Gasteiger partial charge < -0.3 is 8.98 Å². The molecule has 206 valence electrons. The summed E-state index contributed by atoms with van der Waals surface area (Å²) in [5.41, 5.74) is 10.1. The highest BCUT2D eigenvalue weighted by Crippen LogP contribution is 2.46. The molecule has 0 radical (unpaired) electrons. The zero-order chi connectivity index (χ0) is 28.8. The monoisotopic (exact) mass is 580 g/mol. The molecular weight excluding hydrogens is 557 g/mol. The third-order valence-corrected chi connectivity index (χ3v) is 10.1. The Morgan fingerprint density at radius 1 is 0.477 bits per heavy atom. The van der Waals surface area contributed by atoms with Crippen molar-refractivity contribution >= 4 is 75.5 Å². The second-order valence-corrected chi connectivity index (χ2v) is 12.4. The summed E-state index contributed by atoms with van der Waals surface area (Å²) in [6.45, 7) is 0. The molecule has 10 aromatic rings. The first kappa shape index (κ1) is 23.9. The van der Waals surface area contributed by atoms with E-state index in [-0.39, 0.29) is 0 Å². The molecule has 44 heavy (non-hydrogen) atoms. The van der Waals surface area contributed by atoms with E-state index in [1.54, 1.807) is 0 Å². The van der Waals surface area contributed by atoms with Gasteiger partial charge in [-0.25, -0.2) is 0 Å². The quantitative estimate of drug-likeness (QED) is 0.204. The molecule has 10 rings (SSSR count). The minimum Gasteiger partial charge on any atom is -0.454 e. The van der Waals surface area contributed by atoms with Crippen LogP contribution in [0.1, 0.15) is 0 Å². The van der Waals surface area contributed by atoms with E-state index < -0.39 is 0 Å². The highest BCUT2D eigenvalue weighted by atomic mass is 32.1. The third kappa shape index (κ3) is 3.26. The van der Waals surface area contributed by atoms with E-state index in [0.717, 1.165) is 33.4 Å². The zero-order valence-corrected chi connectivity index (χ0v) is 24.4. The highest BCUT2D eigenvalue weighted by molar-refractivity contribution is 7.25. The number of thiophene rings is 1. The number of hydrogen-bond donors (Lipinski definition) is 0. The van der Waals surface area contributed by atoms with Crippen LogP contribution in [0, 0.1) is 0 Å². The predicted molar refractivity (Wildman–Crippen MR) is 186 cm³/mol. The predicted octanol–water partition coefficient (Wildman–Crippen LogP) is 11.5. The summed E-state index contributed by atoms with van der Waals surface area (Å²) in [5.74, 6) is 0. The Morgan fingerprint density at radius 2 is 1.14 bits per heavy atom. The summed E-state index contributed by atoms with van der Waals surface area (Å²) in [4.78, 5) is 1.20. The van der Waals surface area contributed by atoms with Gasteiger partial charge in [-0.3, -0.25) is 4.57 Å². The minimum atomic E-state index is 0.909. The third-order valence-electron chi connectivity index (χ3n) is 8.93. The van der Waals surface area contributed by atoms with Crippen LogP contribution in [-0.4, -0.2) is 9.13 Å². The average molecular weight is 581 g/mol. The molecule has 0 saturated carbocycles. The van der Waals surface area contributed by atoms with Gasteiger partial charge >= 0.3 is 0 Å². The summed E-state index contributed by atoms with van der Waals surface area (Å²) in [7, 11) is 0. The first-order valence-corrected chi connectivity index (χ1v) is 15.7. The van der Waals surface area contributed by atoms with Gasteiger partial charge in [0.1, 0.15) is 15.9 Å². The Hall–Kier alpha value is -5.58. The largest absolute Gasteiger partial charge is 0.454 e. The van der Waals surface area contributed by atoms with Gasteiger partial charge in [0.25, 0.3) is 0 Å². The van der Waals surface area contributed by atoms with Crippen LogP contribution in [0.2, 0.25) is 0 Å². The molecule has 3 nitrogen and oxygen atoms in total. The van der Waals surface area contributed by atoms with Crippen LogP contribution in [0.4, 0.5) is 0 Å². The van der Waals surface area contributed by atoms with Crippen molar-refractivity contribution in [3.8, 4) is 22.5 Å². The Morgan fingerprint density at radius 3 is 1.91 bits per heavy atom. The van der Waals surface area contributed by atoms with Crippen molar-refractivity contribution in [3.05, 3.63) is 146 Å². The van der Waals surface area contributed by atoms with Crippen molar-refractivity contribution in [2.75, 3.05) is 0 Å². The maximum absolute atomic E-state index is 6.65. The Kier molecular flexibility index (Phi) is 4.87. The SMILES string of the molecule is c1ccc(-c2ccc3c(c2)sc2c3c3oc4ccccc4c3n2-c2cccc(-n3c4ccccc4c4ccccc43)c2)cc1. The summed E-state index contributed by atoms with van der Waals surface area (Å²) in [6.07, 6.45) is 0. The number of nitrogens with zero attached hydrogens (tertiary/aromatic N) is 2. The molecule has 0 saturated heterocycles. The zero-order valence-electron chi connectivity index (χ0n) is 23.6. The fraction of sp³-hybridized carbons (Fsp3) is 0. The van der Waals surface area contributed by atoms with Crippen LogP contribution in [0.5, 0.6) is 0 Å². The number of rotatable bonds is 3. The van der Waals surface area contributed by atoms with Gasteiger partial charge in [0.15, 0.2) is 5.58 Å². The van der Waals surface area contributed by atoms with Crippen molar-refractivity contribution in [1.82, 2.24) is 9.13 Å². The highest BCUT2D eigenvalue weighted by Gasteiger charge is 2.24. The maximum Gasteiger partial charge on any atom is 0.163 e. The summed E-state index contributed by atoms with van der Waals surface area (Å²) in [5, 5.41) is 6.06. The fourth-order valence-electron chi connectivity index (χ4n) is 7.01. The number of para-hydroxylation sites is 3. The van der Waals surface area contributed by atoms with Gasteiger partial charge in [0.05, 0.1) is 16.4 Å². The van der Waals surface area contributed by atoms with Crippen LogP contribution >= 0.6 is 11.3 Å². The molecule has 0 atom stereocenters. The molecule has 4 heteroatoms. The summed E-state index contributed by atoms with van der Waals surface area (Å²) in [6, 6.07) is 52.1. The standard InChI is InChI=1S/C40H24N2OS/c1-2-11-25(12-3-1)26-21-22-32-36(23-26)44-40-37(32)39-38(31-17-6-9-20-35(31)43-39)42(40)28-14-10-13-27(24-28)41-33-18-7-4-15-29(33)30-16-5-8-19-34(30)41/h1-24H. The molecule has 4 aromatic heterocycles. The topological polar surface area (TPSA) is 23.0 Å². The van der Waals surface area contributed by atoms with Crippen LogP contribution in [0.15, 0.2) is 150 Å². The smallest absolute Gasteiger partial charge is 0.163 e. The molecule has 0 N–H and O–H groups in total. The van der Waals surface area contributed by atoms with Gasteiger partial charge in [-0.15, -0.1) is 11.3 Å². The van der Waals surface area contributed by atoms with E-state index in [2.05, 4.69) is 149 Å². The summed E-state index contributed by atoms with van der Waals surface area (Å²) < 4.78 is 12.7. The molecule has 0 spiro atoms. The van der Waals surface area contributed by atoms with Crippen LogP contribution in [-0.2, 0) is 0 Å². The molecule has 0 fully saturated rings. The maximum atomic E-state index is 6.65. The lowest BCUT2D eigenvalue weighted by Crippen LogP contribution is -1.98. The van der Waals surface area contributed by atoms with Gasteiger partial charge in [-0.1, -0.05) is 97.1 Å². The Labute approximate surface area is 256 Å². The van der Waals surface area contributed by atoms with Gasteiger partial charge in [0.2, 0.25) is 0 Å². The van der Waals surface area contributed by atoms with Crippen molar-refractivity contribution in [1.29, 1.82) is 0 Å². The number of hydrogen-bond acceptors (Lipinski definition) is 2. The number of aromatic nitrogens is 2. The van der Waals surface area contributed by atoms with Gasteiger partial charge in [-0.2, -0.15) is 0 Å². The van der Waals surface area contributed by atoms with Crippen LogP contribution < -0.4 is 0 Å². The van der Waals surface area contributed by atoms with Crippen molar-refractivity contribution in [2.24, 2.45) is 0 Å². The van der Waals surface area contributed by atoms with E-state index in [1.807, 2.05) is 17.4 Å². The molecular formula is C40H24N2OS. The number of benzene rings is 6. The van der Waals surface area contributed by atoms with E-state index in [1.165, 1.54) is 53.2 Å². The first-order valence-electron chi connectivity index (χ1n) is 14.9. The van der Waals surface area contributed by atoms with Crippen LogP contribution in [0.3, 0.4) is 0 Å². The second-order valence-electron chi connectivity index (χ2n) is 11.4. The lowest BCUT2D eigenvalue weighted by molar-refractivity contribution is 0.673. The fourth-order valence-corrected chi connectivity index (χ4v) is 8.28. The molecule has 0 bridgehead atoms. The Balaban J connectivity index is 1.28. The lowest BCUT2D eigenvalue weighted by Gasteiger charge is -2.12. The molecule has 0 aliphatic carbocycles. The van der Waals surface area contributed by atoms with Crippen molar-refractivity contribution < 1.29 is 4.42 Å². The van der Waals surface area contributed by atoms with Gasteiger partial charge in [-0.05, 0) is 59.7 Å². The normalized spacial score (nSPS) is 12.1. The first-order chi connectivity index (χ1) is 21.8. The molecule has 4 heterocycles. The Bertz CT molecular complexity index is 2670. The van der Waals surface area contributed by atoms with Crippen LogP contribution in [0.25, 0.3) is 86.7 Å². The van der Waals surface area contributed by atoms with E-state index in [0.29, 0.717) is 0 Å². The number of furan rings is 1. The molecule has 6 aromatic carbocycles.